The first-order chi connectivity index (χ1) is 10.6. The molecular formula is C15H26IN5O2. The molecule has 23 heavy (non-hydrogen) atoms. The van der Waals surface area contributed by atoms with E-state index in [1.54, 1.807) is 25.2 Å². The molecule has 0 saturated heterocycles. The van der Waals surface area contributed by atoms with Crippen LogP contribution in [-0.2, 0) is 0 Å². The van der Waals surface area contributed by atoms with Crippen molar-refractivity contribution in [2.75, 3.05) is 39.0 Å². The second-order valence-corrected chi connectivity index (χ2v) is 4.95. The molecule has 1 rings (SSSR count). The van der Waals surface area contributed by atoms with Gasteiger partial charge in [-0.1, -0.05) is 25.5 Å². The highest BCUT2D eigenvalue weighted by Gasteiger charge is 2.11. The first-order valence-electron chi connectivity index (χ1n) is 7.49. The van der Waals surface area contributed by atoms with Gasteiger partial charge < -0.3 is 15.5 Å². The Bertz CT molecular complexity index is 510. The Morgan fingerprint density at radius 2 is 2.04 bits per heavy atom. The van der Waals surface area contributed by atoms with E-state index >= 15 is 0 Å². The number of nitrogens with one attached hydrogen (secondary N) is 2. The summed E-state index contributed by atoms with van der Waals surface area (Å²) in [7, 11) is 3.75. The average molecular weight is 435 g/mol. The second kappa shape index (κ2) is 11.9. The molecule has 0 unspecified atom stereocenters. The average Bonchev–Trinajstić information content (AvgIpc) is 2.52. The number of unbranched alkanes of at least 4 members (excludes halogenated alkanes) is 1. The van der Waals surface area contributed by atoms with Gasteiger partial charge in [0.1, 0.15) is 5.69 Å². The number of anilines is 1. The van der Waals surface area contributed by atoms with Crippen LogP contribution in [0.4, 0.5) is 11.4 Å². The molecule has 2 N–H and O–H groups in total. The van der Waals surface area contributed by atoms with E-state index < -0.39 is 0 Å². The summed E-state index contributed by atoms with van der Waals surface area (Å²) in [5.74, 6) is 0.831. The fraction of sp³-hybridized carbons (Fsp3) is 0.533. The summed E-state index contributed by atoms with van der Waals surface area (Å²) in [5.41, 5.74) is 0.621. The van der Waals surface area contributed by atoms with E-state index in [9.17, 15) is 10.1 Å². The lowest BCUT2D eigenvalue weighted by Crippen LogP contribution is -2.41. The van der Waals surface area contributed by atoms with Gasteiger partial charge in [0, 0.05) is 39.8 Å². The normalized spacial score (nSPS) is 10.7. The molecule has 0 heterocycles. The quantitative estimate of drug-likeness (QED) is 0.164. The minimum Gasteiger partial charge on any atom is -0.378 e. The summed E-state index contributed by atoms with van der Waals surface area (Å²) in [6, 6.07) is 6.64. The van der Waals surface area contributed by atoms with Gasteiger partial charge in [-0.25, -0.2) is 0 Å². The zero-order valence-corrected chi connectivity index (χ0v) is 16.2. The summed E-state index contributed by atoms with van der Waals surface area (Å²) < 4.78 is 0. The largest absolute Gasteiger partial charge is 0.378 e. The fourth-order valence-electron chi connectivity index (χ4n) is 2.04. The van der Waals surface area contributed by atoms with Crippen molar-refractivity contribution in [2.24, 2.45) is 4.99 Å². The van der Waals surface area contributed by atoms with Crippen molar-refractivity contribution in [3.63, 3.8) is 0 Å². The van der Waals surface area contributed by atoms with E-state index in [1.807, 2.05) is 7.05 Å². The number of halogens is 1. The lowest BCUT2D eigenvalue weighted by molar-refractivity contribution is -0.384. The maximum atomic E-state index is 10.9. The molecule has 0 fully saturated rings. The van der Waals surface area contributed by atoms with Crippen molar-refractivity contribution in [1.82, 2.24) is 10.2 Å². The van der Waals surface area contributed by atoms with Gasteiger partial charge >= 0.3 is 0 Å². The molecule has 0 aromatic heterocycles. The van der Waals surface area contributed by atoms with Crippen LogP contribution in [0, 0.1) is 10.1 Å². The number of rotatable bonds is 8. The molecular weight excluding hydrogens is 409 g/mol. The molecule has 0 atom stereocenters. The molecule has 130 valence electrons. The van der Waals surface area contributed by atoms with Crippen molar-refractivity contribution in [3.05, 3.63) is 34.4 Å². The van der Waals surface area contributed by atoms with Crippen LogP contribution in [0.15, 0.2) is 29.3 Å². The number of aliphatic imine (C=N–C) groups is 1. The third-order valence-corrected chi connectivity index (χ3v) is 3.24. The van der Waals surface area contributed by atoms with Crippen molar-refractivity contribution < 1.29 is 4.92 Å². The monoisotopic (exact) mass is 435 g/mol. The van der Waals surface area contributed by atoms with Crippen LogP contribution >= 0.6 is 24.0 Å². The molecule has 0 saturated carbocycles. The standard InChI is InChI=1S/C15H25N5O2.HI/c1-4-5-12-19(3)15(16-2)18-11-10-17-13-8-6-7-9-14(13)20(21)22;/h6-9,17H,4-5,10-12H2,1-3H3,(H,16,18);1H. The predicted octanol–water partition coefficient (Wildman–Crippen LogP) is 2.93. The van der Waals surface area contributed by atoms with E-state index in [0.29, 0.717) is 18.8 Å². The van der Waals surface area contributed by atoms with Crippen LogP contribution in [0.5, 0.6) is 0 Å². The van der Waals surface area contributed by atoms with E-state index in [-0.39, 0.29) is 34.6 Å². The zero-order valence-electron chi connectivity index (χ0n) is 13.9. The van der Waals surface area contributed by atoms with Crippen LogP contribution in [0.2, 0.25) is 0 Å². The lowest BCUT2D eigenvalue weighted by Gasteiger charge is -2.22. The van der Waals surface area contributed by atoms with Crippen LogP contribution < -0.4 is 10.6 Å². The predicted molar refractivity (Wildman–Crippen MR) is 106 cm³/mol. The van der Waals surface area contributed by atoms with E-state index in [0.717, 1.165) is 25.3 Å². The first kappa shape index (κ1) is 21.4. The SMILES string of the molecule is CCCCN(C)C(=NC)NCCNc1ccccc1[N+](=O)[O-].I. The Balaban J connectivity index is 0.00000484. The third-order valence-electron chi connectivity index (χ3n) is 3.24. The van der Waals surface area contributed by atoms with Gasteiger partial charge in [0.25, 0.3) is 5.69 Å². The topological polar surface area (TPSA) is 82.8 Å². The Kier molecular flexibility index (Phi) is 11.1. The van der Waals surface area contributed by atoms with Gasteiger partial charge in [-0.3, -0.25) is 15.1 Å². The second-order valence-electron chi connectivity index (χ2n) is 4.95. The molecule has 0 amide bonds. The Hall–Kier alpha value is -1.58. The summed E-state index contributed by atoms with van der Waals surface area (Å²) in [5, 5.41) is 17.2. The van der Waals surface area contributed by atoms with Crippen LogP contribution in [0.25, 0.3) is 0 Å². The number of benzene rings is 1. The van der Waals surface area contributed by atoms with Gasteiger partial charge in [-0.15, -0.1) is 24.0 Å². The molecule has 1 aromatic carbocycles. The summed E-state index contributed by atoms with van der Waals surface area (Å²) in [4.78, 5) is 16.8. The number of guanidine groups is 1. The molecule has 0 aliphatic carbocycles. The van der Waals surface area contributed by atoms with Gasteiger partial charge in [0.05, 0.1) is 4.92 Å². The summed E-state index contributed by atoms with van der Waals surface area (Å²) >= 11 is 0. The molecule has 8 heteroatoms. The van der Waals surface area contributed by atoms with Crippen molar-refractivity contribution >= 4 is 41.3 Å². The molecule has 0 aliphatic rings. The molecule has 1 aromatic rings. The van der Waals surface area contributed by atoms with Gasteiger partial charge in [-0.05, 0) is 12.5 Å². The van der Waals surface area contributed by atoms with Crippen molar-refractivity contribution in [1.29, 1.82) is 0 Å². The number of para-hydroxylation sites is 2. The number of nitro benzene ring substituents is 1. The maximum Gasteiger partial charge on any atom is 0.292 e. The zero-order chi connectivity index (χ0) is 16.4. The molecule has 0 spiro atoms. The highest BCUT2D eigenvalue weighted by atomic mass is 127. The smallest absolute Gasteiger partial charge is 0.292 e. The fourth-order valence-corrected chi connectivity index (χ4v) is 2.04. The van der Waals surface area contributed by atoms with Gasteiger partial charge in [0.15, 0.2) is 5.96 Å². The highest BCUT2D eigenvalue weighted by Crippen LogP contribution is 2.22. The van der Waals surface area contributed by atoms with Crippen LogP contribution in [-0.4, -0.2) is 49.5 Å². The highest BCUT2D eigenvalue weighted by molar-refractivity contribution is 14.0. The van der Waals surface area contributed by atoms with E-state index in [4.69, 9.17) is 0 Å². The summed E-state index contributed by atoms with van der Waals surface area (Å²) in [6.07, 6.45) is 2.26. The van der Waals surface area contributed by atoms with Gasteiger partial charge in [-0.2, -0.15) is 0 Å². The van der Waals surface area contributed by atoms with Gasteiger partial charge in [0.2, 0.25) is 0 Å². The lowest BCUT2D eigenvalue weighted by atomic mass is 10.2. The minimum absolute atomic E-state index is 0. The number of nitro groups is 1. The van der Waals surface area contributed by atoms with Crippen molar-refractivity contribution in [2.45, 2.75) is 19.8 Å². The Labute approximate surface area is 154 Å². The number of hydrogen-bond donors (Lipinski definition) is 2. The maximum absolute atomic E-state index is 10.9. The van der Waals surface area contributed by atoms with Crippen LogP contribution in [0.3, 0.4) is 0 Å². The molecule has 0 bridgehead atoms. The number of hydrogen-bond acceptors (Lipinski definition) is 4. The molecule has 0 radical (unpaired) electrons. The summed E-state index contributed by atoms with van der Waals surface area (Å²) in [6.45, 7) is 4.31. The molecule has 0 aliphatic heterocycles. The Morgan fingerprint density at radius 1 is 1.35 bits per heavy atom. The molecule has 7 nitrogen and oxygen atoms in total. The minimum atomic E-state index is -0.382. The van der Waals surface area contributed by atoms with E-state index in [2.05, 4.69) is 27.4 Å². The van der Waals surface area contributed by atoms with Crippen molar-refractivity contribution in [3.8, 4) is 0 Å². The van der Waals surface area contributed by atoms with Crippen LogP contribution in [0.1, 0.15) is 19.8 Å². The Morgan fingerprint density at radius 3 is 2.65 bits per heavy atom. The number of nitrogens with zero attached hydrogens (tertiary/aromatic N) is 3. The van der Waals surface area contributed by atoms with E-state index in [1.165, 1.54) is 6.07 Å². The third kappa shape index (κ3) is 7.49. The first-order valence-corrected chi connectivity index (χ1v) is 7.49.